The van der Waals surface area contributed by atoms with Crippen LogP contribution in [0.25, 0.3) is 0 Å². The van der Waals surface area contributed by atoms with Crippen molar-refractivity contribution in [3.63, 3.8) is 0 Å². The van der Waals surface area contributed by atoms with E-state index < -0.39 is 10.8 Å². The van der Waals surface area contributed by atoms with Crippen molar-refractivity contribution < 1.29 is 9.00 Å². The molecule has 1 atom stereocenters. The van der Waals surface area contributed by atoms with E-state index in [-0.39, 0.29) is 10.7 Å². The molecular formula is C16H25N3O2S. The van der Waals surface area contributed by atoms with E-state index in [1.54, 1.807) is 18.3 Å². The maximum absolute atomic E-state index is 12.4. The highest BCUT2D eigenvalue weighted by atomic mass is 32.2. The van der Waals surface area contributed by atoms with Crippen LogP contribution in [0.1, 0.15) is 44.0 Å². The molecule has 2 rings (SSSR count). The molecule has 6 heteroatoms. The Balaban J connectivity index is 1.97. The number of hydrogen-bond acceptors (Lipinski definition) is 4. The molecule has 1 aliphatic rings. The number of carbonyl (C=O) groups is 1. The third kappa shape index (κ3) is 4.29. The first kappa shape index (κ1) is 16.9. The Morgan fingerprint density at radius 2 is 2.05 bits per heavy atom. The number of pyridine rings is 1. The van der Waals surface area contributed by atoms with Gasteiger partial charge in [0.2, 0.25) is 0 Å². The van der Waals surface area contributed by atoms with Gasteiger partial charge in [-0.2, -0.15) is 0 Å². The van der Waals surface area contributed by atoms with Gasteiger partial charge in [0.05, 0.1) is 5.56 Å². The molecule has 0 spiro atoms. The fourth-order valence-electron chi connectivity index (χ4n) is 2.41. The Labute approximate surface area is 135 Å². The van der Waals surface area contributed by atoms with Gasteiger partial charge in [-0.1, -0.05) is 0 Å². The van der Waals surface area contributed by atoms with Crippen LogP contribution in [0.15, 0.2) is 18.3 Å². The first-order valence-corrected chi connectivity index (χ1v) is 9.08. The molecule has 122 valence electrons. The van der Waals surface area contributed by atoms with Crippen molar-refractivity contribution in [3.05, 3.63) is 23.9 Å². The molecule has 0 radical (unpaired) electrons. The fourth-order valence-corrected chi connectivity index (χ4v) is 3.31. The highest BCUT2D eigenvalue weighted by molar-refractivity contribution is 7.86. The zero-order valence-electron chi connectivity index (χ0n) is 13.6. The number of rotatable bonds is 5. The van der Waals surface area contributed by atoms with Crippen molar-refractivity contribution in [2.75, 3.05) is 30.3 Å². The lowest BCUT2D eigenvalue weighted by atomic mass is 10.2. The highest BCUT2D eigenvalue weighted by Gasteiger charge is 2.22. The molecule has 1 aromatic rings. The minimum absolute atomic E-state index is 0.138. The van der Waals surface area contributed by atoms with Crippen molar-refractivity contribution in [1.82, 2.24) is 10.3 Å². The molecule has 5 nitrogen and oxygen atoms in total. The second-order valence-corrected chi connectivity index (χ2v) is 8.81. The van der Waals surface area contributed by atoms with Crippen LogP contribution >= 0.6 is 0 Å². The van der Waals surface area contributed by atoms with Crippen LogP contribution in [-0.2, 0) is 10.8 Å². The molecule has 1 saturated heterocycles. The summed E-state index contributed by atoms with van der Waals surface area (Å²) in [7, 11) is -0.958. The van der Waals surface area contributed by atoms with Crippen LogP contribution in [-0.4, -0.2) is 45.2 Å². The molecule has 0 bridgehead atoms. The second kappa shape index (κ2) is 7.22. The summed E-state index contributed by atoms with van der Waals surface area (Å²) in [6, 6.07) is 3.58. The molecule has 1 aliphatic heterocycles. The first-order chi connectivity index (χ1) is 10.4. The normalized spacial score (nSPS) is 16.6. The van der Waals surface area contributed by atoms with Gasteiger partial charge in [-0.05, 0) is 45.7 Å². The van der Waals surface area contributed by atoms with Crippen LogP contribution in [0.4, 0.5) is 5.82 Å². The molecular weight excluding hydrogens is 298 g/mol. The largest absolute Gasteiger partial charge is 0.356 e. The number of nitrogens with zero attached hydrogens (tertiary/aromatic N) is 2. The Morgan fingerprint density at radius 1 is 1.36 bits per heavy atom. The van der Waals surface area contributed by atoms with Gasteiger partial charge in [0.15, 0.2) is 0 Å². The first-order valence-electron chi connectivity index (χ1n) is 7.76. The Morgan fingerprint density at radius 3 is 2.68 bits per heavy atom. The van der Waals surface area contributed by atoms with Crippen molar-refractivity contribution in [3.8, 4) is 0 Å². The lowest BCUT2D eigenvalue weighted by molar-refractivity contribution is 0.0956. The van der Waals surface area contributed by atoms with Crippen LogP contribution < -0.4 is 10.2 Å². The topological polar surface area (TPSA) is 62.3 Å². The van der Waals surface area contributed by atoms with Gasteiger partial charge in [-0.25, -0.2) is 4.98 Å². The van der Waals surface area contributed by atoms with Gasteiger partial charge < -0.3 is 10.2 Å². The minimum Gasteiger partial charge on any atom is -0.356 e. The number of carbonyl (C=O) groups excluding carboxylic acids is 1. The van der Waals surface area contributed by atoms with Crippen molar-refractivity contribution in [2.24, 2.45) is 0 Å². The molecule has 1 amide bonds. The lowest BCUT2D eigenvalue weighted by Crippen LogP contribution is -2.33. The summed E-state index contributed by atoms with van der Waals surface area (Å²) in [4.78, 5) is 18.9. The monoisotopic (exact) mass is 323 g/mol. The van der Waals surface area contributed by atoms with Crippen LogP contribution in [0.3, 0.4) is 0 Å². The van der Waals surface area contributed by atoms with E-state index in [1.807, 2.05) is 20.8 Å². The standard InChI is InChI=1S/C16H25N3O2S/c1-16(2,3)22(21)12-9-18-15(20)13-7-6-8-17-14(13)19-10-4-5-11-19/h6-8H,4-5,9-12H2,1-3H3,(H,18,20)/t22-/m1/s1. The molecule has 0 aromatic carbocycles. The third-order valence-corrected chi connectivity index (χ3v) is 5.63. The summed E-state index contributed by atoms with van der Waals surface area (Å²) in [5, 5.41) is 2.87. The Bertz CT molecular complexity index is 549. The van der Waals surface area contributed by atoms with Gasteiger partial charge in [0.25, 0.3) is 5.91 Å². The van der Waals surface area contributed by atoms with E-state index in [1.165, 1.54) is 0 Å². The maximum atomic E-state index is 12.4. The average molecular weight is 323 g/mol. The van der Waals surface area contributed by atoms with Crippen molar-refractivity contribution in [1.29, 1.82) is 0 Å². The number of nitrogens with one attached hydrogen (secondary N) is 1. The van der Waals surface area contributed by atoms with Gasteiger partial charge in [0.1, 0.15) is 5.82 Å². The summed E-state index contributed by atoms with van der Waals surface area (Å²) in [6.45, 7) is 8.14. The van der Waals surface area contributed by atoms with Crippen LogP contribution in [0, 0.1) is 0 Å². The second-order valence-electron chi connectivity index (χ2n) is 6.49. The van der Waals surface area contributed by atoms with E-state index in [0.717, 1.165) is 31.7 Å². The summed E-state index contributed by atoms with van der Waals surface area (Å²) in [5.41, 5.74) is 0.603. The molecule has 0 saturated carbocycles. The number of hydrogen-bond donors (Lipinski definition) is 1. The quantitative estimate of drug-likeness (QED) is 0.900. The zero-order valence-corrected chi connectivity index (χ0v) is 14.4. The molecule has 22 heavy (non-hydrogen) atoms. The molecule has 1 fully saturated rings. The van der Waals surface area contributed by atoms with E-state index >= 15 is 0 Å². The van der Waals surface area contributed by atoms with Crippen molar-refractivity contribution >= 4 is 22.5 Å². The Hall–Kier alpha value is -1.43. The van der Waals surface area contributed by atoms with Crippen LogP contribution in [0.5, 0.6) is 0 Å². The summed E-state index contributed by atoms with van der Waals surface area (Å²) < 4.78 is 11.7. The maximum Gasteiger partial charge on any atom is 0.255 e. The minimum atomic E-state index is -0.958. The smallest absolute Gasteiger partial charge is 0.255 e. The van der Waals surface area contributed by atoms with Gasteiger partial charge in [0, 0.05) is 47.1 Å². The van der Waals surface area contributed by atoms with Crippen molar-refractivity contribution in [2.45, 2.75) is 38.4 Å². The van der Waals surface area contributed by atoms with E-state index in [4.69, 9.17) is 0 Å². The van der Waals surface area contributed by atoms with E-state index in [2.05, 4.69) is 15.2 Å². The molecule has 1 N–H and O–H groups in total. The van der Waals surface area contributed by atoms with Gasteiger partial charge in [-0.3, -0.25) is 9.00 Å². The highest BCUT2D eigenvalue weighted by Crippen LogP contribution is 2.21. The predicted molar refractivity (Wildman–Crippen MR) is 90.8 cm³/mol. The molecule has 0 unspecified atom stereocenters. The van der Waals surface area contributed by atoms with Crippen LogP contribution in [0.2, 0.25) is 0 Å². The Kier molecular flexibility index (Phi) is 5.56. The average Bonchev–Trinajstić information content (AvgIpc) is 3.00. The molecule has 2 heterocycles. The fraction of sp³-hybridized carbons (Fsp3) is 0.625. The summed E-state index contributed by atoms with van der Waals surface area (Å²) in [6.07, 6.45) is 4.00. The van der Waals surface area contributed by atoms with Gasteiger partial charge >= 0.3 is 0 Å². The summed E-state index contributed by atoms with van der Waals surface area (Å²) in [5.74, 6) is 1.09. The lowest BCUT2D eigenvalue weighted by Gasteiger charge is -2.20. The van der Waals surface area contributed by atoms with Gasteiger partial charge in [-0.15, -0.1) is 0 Å². The molecule has 1 aromatic heterocycles. The number of anilines is 1. The van der Waals surface area contributed by atoms with E-state index in [9.17, 15) is 9.00 Å². The third-order valence-electron chi connectivity index (χ3n) is 3.69. The zero-order chi connectivity index (χ0) is 16.2. The predicted octanol–water partition coefficient (Wildman–Crippen LogP) is 1.96. The number of amides is 1. The molecule has 0 aliphatic carbocycles. The van der Waals surface area contributed by atoms with E-state index in [0.29, 0.717) is 17.9 Å². The number of aromatic nitrogens is 1. The SMILES string of the molecule is CC(C)(C)[S@](=O)CCNC(=O)c1cccnc1N1CCCC1. The summed E-state index contributed by atoms with van der Waals surface area (Å²) >= 11 is 0.